The molecule has 0 aromatic heterocycles. The number of esters is 1. The number of carbonyl (C=O) groups is 2. The Morgan fingerprint density at radius 2 is 2.18 bits per heavy atom. The molecule has 0 saturated carbocycles. The van der Waals surface area contributed by atoms with Gasteiger partial charge in [0.2, 0.25) is 6.29 Å². The molecule has 0 spiro atoms. The van der Waals surface area contributed by atoms with E-state index < -0.39 is 24.1 Å². The minimum Gasteiger partial charge on any atom is -0.481 e. The summed E-state index contributed by atoms with van der Waals surface area (Å²) >= 11 is 0. The van der Waals surface area contributed by atoms with Crippen LogP contribution in [0.25, 0.3) is 0 Å². The maximum Gasteiger partial charge on any atom is 0.323 e. The number of hydrogen-bond donors (Lipinski definition) is 1. The van der Waals surface area contributed by atoms with Crippen molar-refractivity contribution in [3.8, 4) is 5.75 Å². The summed E-state index contributed by atoms with van der Waals surface area (Å²) in [7, 11) is 0. The van der Waals surface area contributed by atoms with Crippen molar-refractivity contribution in [1.29, 1.82) is 0 Å². The average Bonchev–Trinajstić information content (AvgIpc) is 2.69. The zero-order valence-electron chi connectivity index (χ0n) is 9.25. The molecule has 0 aliphatic carbocycles. The van der Waals surface area contributed by atoms with Crippen LogP contribution in [0.2, 0.25) is 0 Å². The summed E-state index contributed by atoms with van der Waals surface area (Å²) in [5, 5.41) is 8.66. The van der Waals surface area contributed by atoms with Crippen LogP contribution in [0.1, 0.15) is 12.5 Å². The Bertz CT molecular complexity index is 429. The molecule has 1 aliphatic rings. The number of carboxylic acid groups (broad SMARTS) is 1. The first-order valence-electron chi connectivity index (χ1n) is 5.26. The quantitative estimate of drug-likeness (QED) is 0.630. The summed E-state index contributed by atoms with van der Waals surface area (Å²) in [6.07, 6.45) is -0.268. The van der Waals surface area contributed by atoms with Gasteiger partial charge in [-0.3, -0.25) is 9.59 Å². The van der Waals surface area contributed by atoms with Gasteiger partial charge in [-0.1, -0.05) is 18.2 Å². The Labute approximate surface area is 98.0 Å². The van der Waals surface area contributed by atoms with Gasteiger partial charge in [-0.05, 0) is 13.0 Å². The first kappa shape index (κ1) is 11.4. The Kier molecular flexibility index (Phi) is 2.99. The molecule has 0 radical (unpaired) electrons. The van der Waals surface area contributed by atoms with E-state index in [4.69, 9.17) is 14.6 Å². The van der Waals surface area contributed by atoms with E-state index in [-0.39, 0.29) is 0 Å². The molecule has 1 aromatic rings. The number of ether oxygens (including phenoxy) is 2. The number of carbonyl (C=O) groups excluding carboxylic acids is 1. The van der Waals surface area contributed by atoms with Crippen molar-refractivity contribution >= 4 is 11.9 Å². The monoisotopic (exact) mass is 236 g/mol. The van der Waals surface area contributed by atoms with E-state index in [0.29, 0.717) is 12.2 Å². The number of rotatable bonds is 3. The van der Waals surface area contributed by atoms with Crippen molar-refractivity contribution in [2.75, 3.05) is 0 Å². The maximum atomic E-state index is 11.4. The molecule has 0 amide bonds. The standard InChI is InChI=1S/C12H12O5/c1-7(11(13)14)12(15)17-10-6-8-4-2-3-5-9(8)16-10/h2-5,7,10H,6H2,1H3,(H,13,14). The number of para-hydroxylation sites is 1. The molecule has 0 saturated heterocycles. The van der Waals surface area contributed by atoms with Crippen LogP contribution in [0.15, 0.2) is 24.3 Å². The number of hydrogen-bond acceptors (Lipinski definition) is 4. The van der Waals surface area contributed by atoms with Crippen molar-refractivity contribution < 1.29 is 24.2 Å². The summed E-state index contributed by atoms with van der Waals surface area (Å²) in [6, 6.07) is 7.35. The van der Waals surface area contributed by atoms with E-state index in [1.807, 2.05) is 18.2 Å². The lowest BCUT2D eigenvalue weighted by Gasteiger charge is -2.13. The van der Waals surface area contributed by atoms with Crippen molar-refractivity contribution in [3.05, 3.63) is 29.8 Å². The smallest absolute Gasteiger partial charge is 0.323 e. The minimum atomic E-state index is -1.20. The predicted octanol–water partition coefficient (Wildman–Crippen LogP) is 1.21. The molecule has 1 heterocycles. The van der Waals surface area contributed by atoms with Crippen LogP contribution in [0, 0.1) is 5.92 Å². The summed E-state index contributed by atoms with van der Waals surface area (Å²) in [5.74, 6) is -2.49. The highest BCUT2D eigenvalue weighted by Gasteiger charge is 2.30. The molecule has 2 unspecified atom stereocenters. The van der Waals surface area contributed by atoms with Gasteiger partial charge in [-0.25, -0.2) is 0 Å². The lowest BCUT2D eigenvalue weighted by molar-refractivity contribution is -0.170. The van der Waals surface area contributed by atoms with E-state index in [1.54, 1.807) is 6.07 Å². The van der Waals surface area contributed by atoms with Crippen molar-refractivity contribution in [2.45, 2.75) is 19.6 Å². The van der Waals surface area contributed by atoms with Gasteiger partial charge in [0.05, 0.1) is 6.42 Å². The van der Waals surface area contributed by atoms with E-state index in [9.17, 15) is 9.59 Å². The number of aliphatic carboxylic acids is 1. The molecule has 17 heavy (non-hydrogen) atoms. The molecule has 1 aromatic carbocycles. The molecule has 5 heteroatoms. The van der Waals surface area contributed by atoms with E-state index in [2.05, 4.69) is 0 Å². The van der Waals surface area contributed by atoms with Crippen LogP contribution < -0.4 is 4.74 Å². The van der Waals surface area contributed by atoms with E-state index in [0.717, 1.165) is 5.56 Å². The van der Waals surface area contributed by atoms with Gasteiger partial charge in [0, 0.05) is 5.56 Å². The molecule has 0 bridgehead atoms. The molecule has 0 fully saturated rings. The predicted molar refractivity (Wildman–Crippen MR) is 57.5 cm³/mol. The summed E-state index contributed by atoms with van der Waals surface area (Å²) in [4.78, 5) is 22.0. The van der Waals surface area contributed by atoms with Crippen molar-refractivity contribution in [2.24, 2.45) is 5.92 Å². The first-order valence-corrected chi connectivity index (χ1v) is 5.26. The lowest BCUT2D eigenvalue weighted by atomic mass is 10.1. The van der Waals surface area contributed by atoms with Gasteiger partial charge in [-0.15, -0.1) is 0 Å². The van der Waals surface area contributed by atoms with Crippen LogP contribution in [0.5, 0.6) is 5.75 Å². The summed E-state index contributed by atoms with van der Waals surface area (Å²) < 4.78 is 10.3. The molecule has 1 aliphatic heterocycles. The topological polar surface area (TPSA) is 72.8 Å². The zero-order chi connectivity index (χ0) is 12.4. The Morgan fingerprint density at radius 1 is 1.47 bits per heavy atom. The van der Waals surface area contributed by atoms with E-state index in [1.165, 1.54) is 6.92 Å². The molecule has 90 valence electrons. The van der Waals surface area contributed by atoms with Crippen LogP contribution in [0.4, 0.5) is 0 Å². The van der Waals surface area contributed by atoms with E-state index >= 15 is 0 Å². The van der Waals surface area contributed by atoms with Gasteiger partial charge in [0.1, 0.15) is 5.75 Å². The van der Waals surface area contributed by atoms with Crippen molar-refractivity contribution in [1.82, 2.24) is 0 Å². The third-order valence-electron chi connectivity index (χ3n) is 2.59. The highest BCUT2D eigenvalue weighted by Crippen LogP contribution is 2.28. The second-order valence-electron chi connectivity index (χ2n) is 3.86. The van der Waals surface area contributed by atoms with Gasteiger partial charge >= 0.3 is 11.9 Å². The Balaban J connectivity index is 1.96. The van der Waals surface area contributed by atoms with Gasteiger partial charge in [0.15, 0.2) is 5.92 Å². The molecular formula is C12H12O5. The summed E-state index contributed by atoms with van der Waals surface area (Å²) in [5.41, 5.74) is 0.952. The Hall–Kier alpha value is -2.04. The van der Waals surface area contributed by atoms with Crippen LogP contribution in [0.3, 0.4) is 0 Å². The first-order chi connectivity index (χ1) is 8.08. The third-order valence-corrected chi connectivity index (χ3v) is 2.59. The largest absolute Gasteiger partial charge is 0.481 e. The normalized spacial score (nSPS) is 19.0. The fourth-order valence-electron chi connectivity index (χ4n) is 1.55. The highest BCUT2D eigenvalue weighted by atomic mass is 16.7. The minimum absolute atomic E-state index is 0.453. The van der Waals surface area contributed by atoms with Gasteiger partial charge < -0.3 is 14.6 Å². The Morgan fingerprint density at radius 3 is 2.82 bits per heavy atom. The number of fused-ring (bicyclic) bond motifs is 1. The maximum absolute atomic E-state index is 11.4. The average molecular weight is 236 g/mol. The third kappa shape index (κ3) is 2.38. The molecule has 5 nitrogen and oxygen atoms in total. The second kappa shape index (κ2) is 4.45. The van der Waals surface area contributed by atoms with Crippen LogP contribution >= 0.6 is 0 Å². The lowest BCUT2D eigenvalue weighted by Crippen LogP contribution is -2.29. The number of benzene rings is 1. The summed E-state index contributed by atoms with van der Waals surface area (Å²) in [6.45, 7) is 1.28. The van der Waals surface area contributed by atoms with Gasteiger partial charge in [-0.2, -0.15) is 0 Å². The molecule has 1 N–H and O–H groups in total. The highest BCUT2D eigenvalue weighted by molar-refractivity contribution is 5.93. The van der Waals surface area contributed by atoms with Gasteiger partial charge in [0.25, 0.3) is 0 Å². The fraction of sp³-hybridized carbons (Fsp3) is 0.333. The molecule has 2 atom stereocenters. The zero-order valence-corrected chi connectivity index (χ0v) is 9.25. The van der Waals surface area contributed by atoms with Crippen molar-refractivity contribution in [3.63, 3.8) is 0 Å². The molecule has 2 rings (SSSR count). The molecular weight excluding hydrogens is 224 g/mol. The fourth-order valence-corrected chi connectivity index (χ4v) is 1.55. The second-order valence-corrected chi connectivity index (χ2v) is 3.86. The number of carboxylic acids is 1. The van der Waals surface area contributed by atoms with Crippen LogP contribution in [-0.2, 0) is 20.7 Å². The SMILES string of the molecule is CC(C(=O)O)C(=O)OC1Cc2ccccc2O1. The van der Waals surface area contributed by atoms with Crippen LogP contribution in [-0.4, -0.2) is 23.3 Å².